The van der Waals surface area contributed by atoms with E-state index >= 15 is 0 Å². The summed E-state index contributed by atoms with van der Waals surface area (Å²) >= 11 is 4.77. The van der Waals surface area contributed by atoms with Gasteiger partial charge in [0.2, 0.25) is 0 Å². The van der Waals surface area contributed by atoms with Gasteiger partial charge < -0.3 is 9.64 Å². The number of anilines is 2. The molecule has 1 fully saturated rings. The Morgan fingerprint density at radius 3 is 2.81 bits per heavy atom. The van der Waals surface area contributed by atoms with E-state index in [0.717, 1.165) is 29.0 Å². The van der Waals surface area contributed by atoms with Crippen molar-refractivity contribution in [3.05, 3.63) is 40.6 Å². The van der Waals surface area contributed by atoms with Crippen molar-refractivity contribution in [3.8, 4) is 5.75 Å². The van der Waals surface area contributed by atoms with Crippen molar-refractivity contribution in [2.24, 2.45) is 0 Å². The molecule has 0 radical (unpaired) electrons. The minimum Gasteiger partial charge on any atom is -0.494 e. The maximum absolute atomic E-state index is 12.5. The van der Waals surface area contributed by atoms with Crippen LogP contribution in [0.4, 0.5) is 10.8 Å². The second-order valence-corrected chi connectivity index (χ2v) is 8.16. The first-order chi connectivity index (χ1) is 13.2. The Kier molecular flexibility index (Phi) is 5.27. The molecular formula is C19H19BrN4O2S. The molecule has 1 aliphatic rings. The summed E-state index contributed by atoms with van der Waals surface area (Å²) in [6.45, 7) is 2.10. The van der Waals surface area contributed by atoms with E-state index in [0.29, 0.717) is 21.0 Å². The summed E-state index contributed by atoms with van der Waals surface area (Å²) in [6.07, 6.45) is 5.27. The highest BCUT2D eigenvalue weighted by Crippen LogP contribution is 2.40. The zero-order valence-corrected chi connectivity index (χ0v) is 17.3. The van der Waals surface area contributed by atoms with Gasteiger partial charge in [-0.15, -0.1) is 0 Å². The van der Waals surface area contributed by atoms with Crippen LogP contribution >= 0.6 is 27.3 Å². The highest BCUT2D eigenvalue weighted by molar-refractivity contribution is 9.10. The number of hydrogen-bond donors (Lipinski definition) is 1. The monoisotopic (exact) mass is 446 g/mol. The van der Waals surface area contributed by atoms with E-state index in [1.165, 1.54) is 30.6 Å². The molecule has 1 aliphatic heterocycles. The van der Waals surface area contributed by atoms with Crippen LogP contribution in [0.15, 0.2) is 35.1 Å². The predicted octanol–water partition coefficient (Wildman–Crippen LogP) is 4.71. The van der Waals surface area contributed by atoms with E-state index < -0.39 is 0 Å². The third kappa shape index (κ3) is 3.77. The van der Waals surface area contributed by atoms with Crippen LogP contribution in [0.1, 0.15) is 29.6 Å². The van der Waals surface area contributed by atoms with Crippen LogP contribution in [0.5, 0.6) is 5.75 Å². The van der Waals surface area contributed by atoms with Gasteiger partial charge in [-0.05, 0) is 59.5 Å². The lowest BCUT2D eigenvalue weighted by atomic mass is 10.1. The summed E-state index contributed by atoms with van der Waals surface area (Å²) in [4.78, 5) is 23.6. The van der Waals surface area contributed by atoms with Crippen LogP contribution in [0, 0.1) is 0 Å². The number of ether oxygens (including phenoxy) is 1. The molecule has 0 saturated carbocycles. The zero-order chi connectivity index (χ0) is 18.8. The maximum atomic E-state index is 12.5. The van der Waals surface area contributed by atoms with E-state index in [4.69, 9.17) is 4.74 Å². The normalized spacial score (nSPS) is 14.4. The number of thiazole rings is 1. The molecule has 0 atom stereocenters. The van der Waals surface area contributed by atoms with Gasteiger partial charge in [0.05, 0.1) is 17.5 Å². The minimum absolute atomic E-state index is 0.212. The van der Waals surface area contributed by atoms with Crippen molar-refractivity contribution in [1.29, 1.82) is 0 Å². The number of carbonyl (C=O) groups excluding carboxylic acids is 1. The third-order valence-electron chi connectivity index (χ3n) is 4.61. The predicted molar refractivity (Wildman–Crippen MR) is 112 cm³/mol. The van der Waals surface area contributed by atoms with Crippen molar-refractivity contribution in [1.82, 2.24) is 9.97 Å². The van der Waals surface area contributed by atoms with E-state index in [-0.39, 0.29) is 5.91 Å². The standard InChI is InChI=1S/C19H19BrN4O2S/c1-26-14-6-5-13(24-9-3-2-4-10-24)17-16(14)22-19(27-17)23-18(25)12-7-8-21-15(20)11-12/h5-8,11H,2-4,9-10H2,1H3,(H,22,23,25). The molecule has 0 spiro atoms. The number of fused-ring (bicyclic) bond motifs is 1. The number of pyridine rings is 1. The summed E-state index contributed by atoms with van der Waals surface area (Å²) in [5.41, 5.74) is 2.48. The van der Waals surface area contributed by atoms with Gasteiger partial charge in [0.25, 0.3) is 5.91 Å². The van der Waals surface area contributed by atoms with E-state index in [9.17, 15) is 4.79 Å². The zero-order valence-electron chi connectivity index (χ0n) is 14.9. The fraction of sp³-hybridized carbons (Fsp3) is 0.316. The Morgan fingerprint density at radius 1 is 1.26 bits per heavy atom. The average molecular weight is 447 g/mol. The molecule has 3 heterocycles. The quantitative estimate of drug-likeness (QED) is 0.587. The first kappa shape index (κ1) is 18.2. The Hall–Kier alpha value is -2.19. The van der Waals surface area contributed by atoms with Gasteiger partial charge in [-0.1, -0.05) is 11.3 Å². The number of halogens is 1. The van der Waals surface area contributed by atoms with Crippen LogP contribution in [-0.2, 0) is 0 Å². The molecule has 0 bridgehead atoms. The SMILES string of the molecule is COc1ccc(N2CCCCC2)c2sc(NC(=O)c3ccnc(Br)c3)nc12. The van der Waals surface area contributed by atoms with E-state index in [2.05, 4.69) is 42.2 Å². The molecule has 27 heavy (non-hydrogen) atoms. The Morgan fingerprint density at radius 2 is 2.07 bits per heavy atom. The van der Waals surface area contributed by atoms with Crippen LogP contribution < -0.4 is 15.0 Å². The second-order valence-electron chi connectivity index (χ2n) is 6.35. The second kappa shape index (κ2) is 7.82. The van der Waals surface area contributed by atoms with Gasteiger partial charge >= 0.3 is 0 Å². The molecule has 3 aromatic rings. The number of rotatable bonds is 4. The van der Waals surface area contributed by atoms with E-state index in [1.807, 2.05) is 6.07 Å². The molecule has 1 aromatic carbocycles. The topological polar surface area (TPSA) is 67.3 Å². The number of piperidine rings is 1. The third-order valence-corrected chi connectivity index (χ3v) is 6.04. The van der Waals surface area contributed by atoms with Gasteiger partial charge in [-0.25, -0.2) is 9.97 Å². The highest BCUT2D eigenvalue weighted by atomic mass is 79.9. The fourth-order valence-corrected chi connectivity index (χ4v) is 4.67. The van der Waals surface area contributed by atoms with Gasteiger partial charge in [0, 0.05) is 24.8 Å². The first-order valence-electron chi connectivity index (χ1n) is 8.81. The number of carbonyl (C=O) groups is 1. The molecule has 1 N–H and O–H groups in total. The van der Waals surface area contributed by atoms with Crippen molar-refractivity contribution in [3.63, 3.8) is 0 Å². The summed E-state index contributed by atoms with van der Waals surface area (Å²) in [7, 11) is 1.64. The minimum atomic E-state index is -0.212. The molecular weight excluding hydrogens is 428 g/mol. The summed E-state index contributed by atoms with van der Waals surface area (Å²) < 4.78 is 7.15. The smallest absolute Gasteiger partial charge is 0.257 e. The summed E-state index contributed by atoms with van der Waals surface area (Å²) in [6, 6.07) is 7.41. The number of amides is 1. The Balaban J connectivity index is 1.68. The molecule has 8 heteroatoms. The molecule has 1 saturated heterocycles. The number of nitrogens with one attached hydrogen (secondary N) is 1. The first-order valence-corrected chi connectivity index (χ1v) is 10.4. The van der Waals surface area contributed by atoms with Crippen LogP contribution in [0.2, 0.25) is 0 Å². The maximum Gasteiger partial charge on any atom is 0.257 e. The average Bonchev–Trinajstić information content (AvgIpc) is 3.11. The van der Waals surface area contributed by atoms with E-state index in [1.54, 1.807) is 25.4 Å². The van der Waals surface area contributed by atoms with Gasteiger partial charge in [-0.3, -0.25) is 10.1 Å². The molecule has 2 aromatic heterocycles. The number of hydrogen-bond acceptors (Lipinski definition) is 6. The lowest BCUT2D eigenvalue weighted by molar-refractivity contribution is 0.102. The van der Waals surface area contributed by atoms with Gasteiger partial charge in [0.15, 0.2) is 5.13 Å². The summed E-state index contributed by atoms with van der Waals surface area (Å²) in [5, 5.41) is 3.46. The fourth-order valence-electron chi connectivity index (χ4n) is 3.28. The molecule has 140 valence electrons. The lowest BCUT2D eigenvalue weighted by Crippen LogP contribution is -2.29. The molecule has 0 unspecified atom stereocenters. The molecule has 4 rings (SSSR count). The largest absolute Gasteiger partial charge is 0.494 e. The van der Waals surface area contributed by atoms with Crippen molar-refractivity contribution in [2.75, 3.05) is 30.4 Å². The lowest BCUT2D eigenvalue weighted by Gasteiger charge is -2.29. The van der Waals surface area contributed by atoms with Crippen LogP contribution in [0.3, 0.4) is 0 Å². The number of methoxy groups -OCH3 is 1. The van der Waals surface area contributed by atoms with Crippen LogP contribution in [0.25, 0.3) is 10.2 Å². The van der Waals surface area contributed by atoms with Gasteiger partial charge in [0.1, 0.15) is 15.9 Å². The highest BCUT2D eigenvalue weighted by Gasteiger charge is 2.20. The Bertz CT molecular complexity index is 985. The number of nitrogens with zero attached hydrogens (tertiary/aromatic N) is 3. The summed E-state index contributed by atoms with van der Waals surface area (Å²) in [5.74, 6) is 0.504. The van der Waals surface area contributed by atoms with Crippen molar-refractivity contribution in [2.45, 2.75) is 19.3 Å². The molecule has 0 aliphatic carbocycles. The molecule has 6 nitrogen and oxygen atoms in total. The Labute approximate surface area is 169 Å². The molecule has 1 amide bonds. The number of aromatic nitrogens is 2. The van der Waals surface area contributed by atoms with Crippen molar-refractivity contribution >= 4 is 54.2 Å². The van der Waals surface area contributed by atoms with Crippen LogP contribution in [-0.4, -0.2) is 36.1 Å². The van der Waals surface area contributed by atoms with Gasteiger partial charge in [-0.2, -0.15) is 0 Å². The van der Waals surface area contributed by atoms with Crippen molar-refractivity contribution < 1.29 is 9.53 Å². The number of benzene rings is 1.